The summed E-state index contributed by atoms with van der Waals surface area (Å²) in [5.41, 5.74) is 2.15. The second kappa shape index (κ2) is 9.93. The summed E-state index contributed by atoms with van der Waals surface area (Å²) in [6.45, 7) is 5.71. The Morgan fingerprint density at radius 3 is 2.67 bits per heavy atom. The summed E-state index contributed by atoms with van der Waals surface area (Å²) in [5, 5.41) is 8.22. The number of carbonyl (C=O) groups is 1. The highest BCUT2D eigenvalue weighted by molar-refractivity contribution is 6.32. The summed E-state index contributed by atoms with van der Waals surface area (Å²) in [6, 6.07) is 10.9. The standard InChI is InChI=1S/C23H23ClN6O3/c1-14(2)32-12-19(22(31)29-20-9-8-15(3)10-25-20)33-23-16-11-28-30(21(16)26-13-27-23)18-7-5-4-6-17(18)24/h4-11,13-14,19H,12H2,1-3H3,(H,25,29,31)/t19-/m1/s1. The molecule has 0 saturated carbocycles. The van der Waals surface area contributed by atoms with Crippen LogP contribution in [0.5, 0.6) is 5.88 Å². The van der Waals surface area contributed by atoms with Gasteiger partial charge in [-0.15, -0.1) is 0 Å². The number of halogens is 1. The molecule has 10 heteroatoms. The van der Waals surface area contributed by atoms with Crippen LogP contribution in [0.4, 0.5) is 5.82 Å². The number of rotatable bonds is 8. The summed E-state index contributed by atoms with van der Waals surface area (Å²) >= 11 is 6.33. The first-order chi connectivity index (χ1) is 15.9. The fourth-order valence-electron chi connectivity index (χ4n) is 3.04. The fraction of sp³-hybridized carbons (Fsp3) is 0.261. The third kappa shape index (κ3) is 5.27. The van der Waals surface area contributed by atoms with E-state index in [2.05, 4.69) is 25.4 Å². The average molecular weight is 467 g/mol. The lowest BCUT2D eigenvalue weighted by Crippen LogP contribution is -2.38. The molecule has 1 N–H and O–H groups in total. The van der Waals surface area contributed by atoms with Crippen LogP contribution in [0.3, 0.4) is 0 Å². The number of pyridine rings is 1. The number of aryl methyl sites for hydroxylation is 1. The molecule has 0 radical (unpaired) electrons. The minimum atomic E-state index is -0.975. The van der Waals surface area contributed by atoms with Crippen LogP contribution in [0.1, 0.15) is 19.4 Å². The molecule has 0 bridgehead atoms. The lowest BCUT2D eigenvalue weighted by atomic mass is 10.3. The summed E-state index contributed by atoms with van der Waals surface area (Å²) < 4.78 is 13.3. The first-order valence-corrected chi connectivity index (χ1v) is 10.8. The topological polar surface area (TPSA) is 104 Å². The van der Waals surface area contributed by atoms with Crippen molar-refractivity contribution in [2.75, 3.05) is 11.9 Å². The molecule has 3 heterocycles. The van der Waals surface area contributed by atoms with Crippen LogP contribution >= 0.6 is 11.6 Å². The molecule has 0 unspecified atom stereocenters. The van der Waals surface area contributed by atoms with E-state index in [0.717, 1.165) is 5.56 Å². The van der Waals surface area contributed by atoms with Crippen molar-refractivity contribution in [3.05, 3.63) is 65.7 Å². The van der Waals surface area contributed by atoms with Gasteiger partial charge in [-0.05, 0) is 44.5 Å². The Morgan fingerprint density at radius 2 is 1.94 bits per heavy atom. The highest BCUT2D eigenvalue weighted by Gasteiger charge is 2.25. The van der Waals surface area contributed by atoms with Crippen LogP contribution in [0.15, 0.2) is 55.1 Å². The summed E-state index contributed by atoms with van der Waals surface area (Å²) in [7, 11) is 0. The van der Waals surface area contributed by atoms with E-state index in [4.69, 9.17) is 21.1 Å². The fourth-order valence-corrected chi connectivity index (χ4v) is 3.26. The van der Waals surface area contributed by atoms with Gasteiger partial charge in [-0.1, -0.05) is 29.8 Å². The summed E-state index contributed by atoms with van der Waals surface area (Å²) in [6.07, 6.45) is 3.54. The van der Waals surface area contributed by atoms with Gasteiger partial charge in [0.2, 0.25) is 12.0 Å². The van der Waals surface area contributed by atoms with Crippen molar-refractivity contribution >= 4 is 34.4 Å². The average Bonchev–Trinajstić information content (AvgIpc) is 3.23. The van der Waals surface area contributed by atoms with Gasteiger partial charge in [0.25, 0.3) is 5.91 Å². The first-order valence-electron chi connectivity index (χ1n) is 10.4. The maximum absolute atomic E-state index is 13.0. The number of ether oxygens (including phenoxy) is 2. The van der Waals surface area contributed by atoms with Crippen molar-refractivity contribution in [1.29, 1.82) is 0 Å². The molecule has 1 amide bonds. The summed E-state index contributed by atoms with van der Waals surface area (Å²) in [5.74, 6) is 0.225. The Kier molecular flexibility index (Phi) is 6.81. The van der Waals surface area contributed by atoms with Gasteiger partial charge in [0, 0.05) is 6.20 Å². The molecule has 1 atom stereocenters. The molecule has 1 aromatic carbocycles. The zero-order valence-corrected chi connectivity index (χ0v) is 19.2. The molecule has 4 rings (SSSR count). The van der Waals surface area contributed by atoms with Crippen LogP contribution < -0.4 is 10.1 Å². The molecule has 0 aliphatic heterocycles. The Bertz CT molecular complexity index is 1260. The van der Waals surface area contributed by atoms with E-state index in [1.54, 1.807) is 29.2 Å². The lowest BCUT2D eigenvalue weighted by molar-refractivity contribution is -0.126. The van der Waals surface area contributed by atoms with Gasteiger partial charge in [0.15, 0.2) is 5.65 Å². The lowest BCUT2D eigenvalue weighted by Gasteiger charge is -2.19. The Morgan fingerprint density at radius 1 is 1.12 bits per heavy atom. The van der Waals surface area contributed by atoms with Crippen LogP contribution in [-0.2, 0) is 9.53 Å². The smallest absolute Gasteiger partial charge is 0.269 e. The number of carbonyl (C=O) groups excluding carboxylic acids is 1. The summed E-state index contributed by atoms with van der Waals surface area (Å²) in [4.78, 5) is 25.8. The van der Waals surface area contributed by atoms with Crippen LogP contribution in [0.2, 0.25) is 5.02 Å². The van der Waals surface area contributed by atoms with Crippen molar-refractivity contribution in [2.24, 2.45) is 0 Å². The number of nitrogens with one attached hydrogen (secondary N) is 1. The third-order valence-corrected chi connectivity index (χ3v) is 5.02. The maximum atomic E-state index is 13.0. The molecule has 0 aliphatic carbocycles. The van der Waals surface area contributed by atoms with Gasteiger partial charge in [0.05, 0.1) is 29.6 Å². The van der Waals surface area contributed by atoms with E-state index in [-0.39, 0.29) is 18.6 Å². The third-order valence-electron chi connectivity index (χ3n) is 4.70. The molecule has 4 aromatic rings. The quantitative estimate of drug-likeness (QED) is 0.418. The zero-order valence-electron chi connectivity index (χ0n) is 18.4. The number of hydrogen-bond acceptors (Lipinski definition) is 7. The van der Waals surface area contributed by atoms with Crippen molar-refractivity contribution in [2.45, 2.75) is 33.0 Å². The van der Waals surface area contributed by atoms with Crippen LogP contribution in [0.25, 0.3) is 16.7 Å². The SMILES string of the molecule is Cc1ccc(NC(=O)[C@@H](COC(C)C)Oc2ncnc3c2cnn3-c2ccccc2Cl)nc1. The van der Waals surface area contributed by atoms with Crippen molar-refractivity contribution in [3.63, 3.8) is 0 Å². The monoisotopic (exact) mass is 466 g/mol. The molecule has 3 aromatic heterocycles. The number of hydrogen-bond donors (Lipinski definition) is 1. The molecule has 0 saturated heterocycles. The largest absolute Gasteiger partial charge is 0.461 e. The predicted octanol–water partition coefficient (Wildman–Crippen LogP) is 3.98. The predicted molar refractivity (Wildman–Crippen MR) is 125 cm³/mol. The molecule has 0 spiro atoms. The Labute approximate surface area is 195 Å². The minimum Gasteiger partial charge on any atom is -0.461 e. The second-order valence-corrected chi connectivity index (χ2v) is 8.03. The number of para-hydroxylation sites is 1. The normalized spacial score (nSPS) is 12.2. The van der Waals surface area contributed by atoms with Crippen molar-refractivity contribution in [1.82, 2.24) is 24.7 Å². The van der Waals surface area contributed by atoms with Crippen LogP contribution in [-0.4, -0.2) is 49.5 Å². The van der Waals surface area contributed by atoms with Gasteiger partial charge >= 0.3 is 0 Å². The molecular weight excluding hydrogens is 444 g/mol. The molecule has 33 heavy (non-hydrogen) atoms. The number of anilines is 1. The maximum Gasteiger partial charge on any atom is 0.269 e. The van der Waals surface area contributed by atoms with E-state index in [9.17, 15) is 4.79 Å². The van der Waals surface area contributed by atoms with Gasteiger partial charge < -0.3 is 14.8 Å². The number of benzene rings is 1. The van der Waals surface area contributed by atoms with E-state index in [1.807, 2.05) is 45.0 Å². The molecule has 170 valence electrons. The van der Waals surface area contributed by atoms with E-state index >= 15 is 0 Å². The highest BCUT2D eigenvalue weighted by Crippen LogP contribution is 2.27. The van der Waals surface area contributed by atoms with Gasteiger partial charge in [-0.25, -0.2) is 19.6 Å². The number of amides is 1. The number of nitrogens with zero attached hydrogens (tertiary/aromatic N) is 5. The number of aromatic nitrogens is 5. The van der Waals surface area contributed by atoms with Gasteiger partial charge in [-0.2, -0.15) is 5.10 Å². The van der Waals surface area contributed by atoms with Gasteiger partial charge in [-0.3, -0.25) is 4.79 Å². The van der Waals surface area contributed by atoms with Crippen LogP contribution in [0, 0.1) is 6.92 Å². The van der Waals surface area contributed by atoms with Crippen molar-refractivity contribution < 1.29 is 14.3 Å². The Balaban J connectivity index is 1.62. The molecule has 0 aliphatic rings. The van der Waals surface area contributed by atoms with E-state index in [1.165, 1.54) is 6.33 Å². The molecular formula is C23H23ClN6O3. The highest BCUT2D eigenvalue weighted by atomic mass is 35.5. The van der Waals surface area contributed by atoms with Gasteiger partial charge in [0.1, 0.15) is 17.5 Å². The number of fused-ring (bicyclic) bond motifs is 1. The minimum absolute atomic E-state index is 0.0273. The van der Waals surface area contributed by atoms with Crippen molar-refractivity contribution in [3.8, 4) is 11.6 Å². The van der Waals surface area contributed by atoms with E-state index in [0.29, 0.717) is 27.6 Å². The Hall–Kier alpha value is -3.56. The van der Waals surface area contributed by atoms with E-state index < -0.39 is 12.0 Å². The first kappa shape index (κ1) is 22.6. The molecule has 9 nitrogen and oxygen atoms in total. The second-order valence-electron chi connectivity index (χ2n) is 7.62. The molecule has 0 fully saturated rings. The zero-order chi connectivity index (χ0) is 23.4.